The molecule has 0 amide bonds. The second-order valence-electron chi connectivity index (χ2n) is 4.62. The van der Waals surface area contributed by atoms with Crippen LogP contribution in [0, 0.1) is 11.3 Å². The van der Waals surface area contributed by atoms with E-state index >= 15 is 0 Å². The first-order valence-electron chi connectivity index (χ1n) is 6.44. The van der Waals surface area contributed by atoms with Crippen molar-refractivity contribution in [1.82, 2.24) is 4.98 Å². The third-order valence-electron chi connectivity index (χ3n) is 3.11. The summed E-state index contributed by atoms with van der Waals surface area (Å²) in [7, 11) is 0. The van der Waals surface area contributed by atoms with Gasteiger partial charge in [-0.3, -0.25) is 0 Å². The number of nitriles is 1. The number of halogens is 1. The van der Waals surface area contributed by atoms with Gasteiger partial charge >= 0.3 is 0 Å². The Morgan fingerprint density at radius 3 is 2.71 bits per heavy atom. The largest absolute Gasteiger partial charge is 0.241 e. The smallest absolute Gasteiger partial charge is 0.0991 e. The van der Waals surface area contributed by atoms with Crippen LogP contribution in [0.5, 0.6) is 0 Å². The highest BCUT2D eigenvalue weighted by Gasteiger charge is 2.06. The minimum Gasteiger partial charge on any atom is -0.241 e. The van der Waals surface area contributed by atoms with E-state index in [4.69, 9.17) is 5.26 Å². The first-order chi connectivity index (χ1) is 10.2. The maximum absolute atomic E-state index is 8.96. The summed E-state index contributed by atoms with van der Waals surface area (Å²) in [5, 5.41) is 12.1. The molecule has 0 atom stereocenters. The predicted octanol–water partition coefficient (Wildman–Crippen LogP) is 5.04. The van der Waals surface area contributed by atoms with E-state index in [1.54, 1.807) is 17.4 Å². The highest BCUT2D eigenvalue weighted by Crippen LogP contribution is 2.24. The summed E-state index contributed by atoms with van der Waals surface area (Å²) in [6.07, 6.45) is 0.829. The number of rotatable bonds is 3. The van der Waals surface area contributed by atoms with Crippen molar-refractivity contribution in [2.75, 3.05) is 0 Å². The Balaban J connectivity index is 1.83. The molecule has 0 N–H and O–H groups in total. The van der Waals surface area contributed by atoms with Crippen molar-refractivity contribution in [2.45, 2.75) is 6.42 Å². The lowest BCUT2D eigenvalue weighted by Crippen LogP contribution is -1.87. The van der Waals surface area contributed by atoms with Crippen molar-refractivity contribution in [3.05, 3.63) is 74.5 Å². The third kappa shape index (κ3) is 3.38. The van der Waals surface area contributed by atoms with Crippen LogP contribution < -0.4 is 0 Å². The second kappa shape index (κ2) is 6.21. The molecule has 0 aliphatic carbocycles. The molecule has 0 radical (unpaired) electrons. The lowest BCUT2D eigenvalue weighted by Gasteiger charge is -1.99. The van der Waals surface area contributed by atoms with Crippen LogP contribution in [0.1, 0.15) is 16.1 Å². The van der Waals surface area contributed by atoms with Crippen molar-refractivity contribution < 1.29 is 0 Å². The van der Waals surface area contributed by atoms with E-state index in [1.807, 2.05) is 35.7 Å². The molecule has 2 nitrogen and oxygen atoms in total. The molecule has 21 heavy (non-hydrogen) atoms. The second-order valence-corrected chi connectivity index (χ2v) is 6.48. The first-order valence-corrected chi connectivity index (χ1v) is 8.11. The van der Waals surface area contributed by atoms with E-state index < -0.39 is 0 Å². The number of aromatic nitrogens is 1. The van der Waals surface area contributed by atoms with Gasteiger partial charge in [0.15, 0.2) is 0 Å². The van der Waals surface area contributed by atoms with E-state index in [0.29, 0.717) is 5.56 Å². The zero-order valence-corrected chi connectivity index (χ0v) is 13.5. The Labute approximate surface area is 135 Å². The van der Waals surface area contributed by atoms with Gasteiger partial charge in [-0.2, -0.15) is 5.26 Å². The van der Waals surface area contributed by atoms with E-state index in [0.717, 1.165) is 27.2 Å². The van der Waals surface area contributed by atoms with E-state index in [2.05, 4.69) is 39.1 Å². The molecular weight excluding hydrogens is 344 g/mol. The number of hydrogen-bond acceptors (Lipinski definition) is 3. The van der Waals surface area contributed by atoms with Crippen LogP contribution in [0.2, 0.25) is 0 Å². The molecule has 0 bridgehead atoms. The minimum atomic E-state index is 0.662. The summed E-state index contributed by atoms with van der Waals surface area (Å²) in [4.78, 5) is 4.67. The van der Waals surface area contributed by atoms with Crippen molar-refractivity contribution in [1.29, 1.82) is 5.26 Å². The van der Waals surface area contributed by atoms with Crippen LogP contribution in [0.25, 0.3) is 11.3 Å². The van der Waals surface area contributed by atoms with E-state index in [9.17, 15) is 0 Å². The summed E-state index contributed by atoms with van der Waals surface area (Å²) < 4.78 is 1.08. The average molecular weight is 355 g/mol. The Hall–Kier alpha value is -1.96. The fraction of sp³-hybridized carbons (Fsp3) is 0.0588. The van der Waals surface area contributed by atoms with Gasteiger partial charge in [0, 0.05) is 21.8 Å². The normalized spacial score (nSPS) is 10.3. The molecule has 0 aliphatic rings. The van der Waals surface area contributed by atoms with E-state index in [1.165, 1.54) is 5.56 Å². The Morgan fingerprint density at radius 2 is 1.95 bits per heavy atom. The molecule has 1 heterocycles. The number of hydrogen-bond donors (Lipinski definition) is 0. The van der Waals surface area contributed by atoms with Crippen molar-refractivity contribution in [3.8, 4) is 17.3 Å². The Morgan fingerprint density at radius 1 is 1.14 bits per heavy atom. The minimum absolute atomic E-state index is 0.662. The molecule has 2 aromatic carbocycles. The molecule has 0 unspecified atom stereocenters. The molecular formula is C17H11BrN2S. The summed E-state index contributed by atoms with van der Waals surface area (Å²) in [5.41, 5.74) is 3.83. The lowest BCUT2D eigenvalue weighted by atomic mass is 10.1. The first kappa shape index (κ1) is 14.0. The molecule has 0 aliphatic heterocycles. The van der Waals surface area contributed by atoms with Gasteiger partial charge < -0.3 is 0 Å². The maximum atomic E-state index is 8.96. The number of thiazole rings is 1. The molecule has 102 valence electrons. The fourth-order valence-corrected chi connectivity index (χ4v) is 3.15. The molecule has 4 heteroatoms. The van der Waals surface area contributed by atoms with Crippen LogP contribution in [0.3, 0.4) is 0 Å². The molecule has 0 fully saturated rings. The quantitative estimate of drug-likeness (QED) is 0.660. The van der Waals surface area contributed by atoms with Crippen molar-refractivity contribution in [2.24, 2.45) is 0 Å². The van der Waals surface area contributed by atoms with Crippen LogP contribution in [0.15, 0.2) is 58.4 Å². The zero-order valence-electron chi connectivity index (χ0n) is 11.1. The standard InChI is InChI=1S/C17H11BrN2S/c18-15-6-4-12(5-7-15)9-17-20-16(11-21-17)14-3-1-2-13(8-14)10-19/h1-8,11H,9H2. The number of nitrogens with zero attached hydrogens (tertiary/aromatic N) is 2. The highest BCUT2D eigenvalue weighted by molar-refractivity contribution is 9.10. The van der Waals surface area contributed by atoms with Gasteiger partial charge in [0.05, 0.1) is 22.3 Å². The number of benzene rings is 2. The molecule has 0 saturated carbocycles. The van der Waals surface area contributed by atoms with Gasteiger partial charge in [0.25, 0.3) is 0 Å². The monoisotopic (exact) mass is 354 g/mol. The molecule has 0 spiro atoms. The van der Waals surface area contributed by atoms with Crippen molar-refractivity contribution in [3.63, 3.8) is 0 Å². The van der Waals surface area contributed by atoms with Crippen LogP contribution in [-0.2, 0) is 6.42 Å². The van der Waals surface area contributed by atoms with Gasteiger partial charge in [-0.05, 0) is 29.8 Å². The topological polar surface area (TPSA) is 36.7 Å². The summed E-state index contributed by atoms with van der Waals surface area (Å²) in [6.45, 7) is 0. The van der Waals surface area contributed by atoms with Crippen molar-refractivity contribution >= 4 is 27.3 Å². The molecule has 3 rings (SSSR count). The zero-order chi connectivity index (χ0) is 14.7. The van der Waals surface area contributed by atoms with Crippen LogP contribution >= 0.6 is 27.3 Å². The van der Waals surface area contributed by atoms with Gasteiger partial charge in [-0.25, -0.2) is 4.98 Å². The maximum Gasteiger partial charge on any atom is 0.0991 e. The summed E-state index contributed by atoms with van der Waals surface area (Å²) >= 11 is 5.09. The van der Waals surface area contributed by atoms with E-state index in [-0.39, 0.29) is 0 Å². The average Bonchev–Trinajstić information content (AvgIpc) is 2.98. The lowest BCUT2D eigenvalue weighted by molar-refractivity contribution is 1.14. The summed E-state index contributed by atoms with van der Waals surface area (Å²) in [5.74, 6) is 0. The SMILES string of the molecule is N#Cc1cccc(-c2csc(Cc3ccc(Br)cc3)n2)c1. The molecule has 0 saturated heterocycles. The van der Waals surface area contributed by atoms with Gasteiger partial charge in [-0.1, -0.05) is 40.2 Å². The van der Waals surface area contributed by atoms with Crippen LogP contribution in [0.4, 0.5) is 0 Å². The molecule has 3 aromatic rings. The third-order valence-corrected chi connectivity index (χ3v) is 4.49. The Bertz CT molecular complexity index is 800. The fourth-order valence-electron chi connectivity index (χ4n) is 2.05. The van der Waals surface area contributed by atoms with Gasteiger partial charge in [-0.15, -0.1) is 11.3 Å². The summed E-state index contributed by atoms with van der Waals surface area (Å²) in [6, 6.07) is 18.0. The van der Waals surface area contributed by atoms with Gasteiger partial charge in [0.1, 0.15) is 0 Å². The van der Waals surface area contributed by atoms with Crippen LogP contribution in [-0.4, -0.2) is 4.98 Å². The molecule has 1 aromatic heterocycles. The predicted molar refractivity (Wildman–Crippen MR) is 89.2 cm³/mol. The highest BCUT2D eigenvalue weighted by atomic mass is 79.9. The Kier molecular flexibility index (Phi) is 4.14. The van der Waals surface area contributed by atoms with Gasteiger partial charge in [0.2, 0.25) is 0 Å².